The summed E-state index contributed by atoms with van der Waals surface area (Å²) in [6.07, 6.45) is 3.19. The van der Waals surface area contributed by atoms with Crippen LogP contribution in [0.4, 0.5) is 10.1 Å². The second-order valence-corrected chi connectivity index (χ2v) is 3.59. The molecule has 0 amide bonds. The first-order chi connectivity index (χ1) is 9.06. The van der Waals surface area contributed by atoms with Crippen LogP contribution in [0.2, 0.25) is 0 Å². The maximum absolute atomic E-state index is 13.9. The van der Waals surface area contributed by atoms with Gasteiger partial charge in [0.25, 0.3) is 0 Å². The number of rotatable bonds is 2. The number of nitrogens with zero attached hydrogens (tertiary/aromatic N) is 4. The van der Waals surface area contributed by atoms with Gasteiger partial charge in [0.05, 0.1) is 5.69 Å². The minimum Gasteiger partial charge on any atom is -0.370 e. The quantitative estimate of drug-likeness (QED) is 0.529. The van der Waals surface area contributed by atoms with Gasteiger partial charge in [0.15, 0.2) is 11.8 Å². The fraction of sp³-hybridized carbons (Fsp3) is 0. The Morgan fingerprint density at radius 3 is 2.63 bits per heavy atom. The van der Waals surface area contributed by atoms with Crippen molar-refractivity contribution in [2.24, 2.45) is 27.2 Å². The van der Waals surface area contributed by atoms with Gasteiger partial charge in [-0.3, -0.25) is 0 Å². The predicted molar refractivity (Wildman–Crippen MR) is 70.6 cm³/mol. The van der Waals surface area contributed by atoms with Crippen molar-refractivity contribution in [3.05, 3.63) is 42.5 Å². The number of nitrogens with two attached hydrogens (primary N) is 3. The third kappa shape index (κ3) is 3.06. The van der Waals surface area contributed by atoms with Crippen LogP contribution in [0, 0.1) is 5.82 Å². The summed E-state index contributed by atoms with van der Waals surface area (Å²) < 4.78 is 15.3. The van der Waals surface area contributed by atoms with Gasteiger partial charge in [-0.05, 0) is 18.2 Å². The molecule has 0 atom stereocenters. The molecule has 1 heterocycles. The maximum Gasteiger partial charge on any atom is 0.223 e. The average molecular weight is 261 g/mol. The van der Waals surface area contributed by atoms with Crippen molar-refractivity contribution >= 4 is 17.6 Å². The lowest BCUT2D eigenvalue weighted by Crippen LogP contribution is -2.26. The number of benzene rings is 1. The van der Waals surface area contributed by atoms with Crippen LogP contribution in [-0.2, 0) is 0 Å². The summed E-state index contributed by atoms with van der Waals surface area (Å²) in [6, 6.07) is 6.02. The van der Waals surface area contributed by atoms with Gasteiger partial charge in [-0.2, -0.15) is 10.1 Å². The highest BCUT2D eigenvalue weighted by molar-refractivity contribution is 5.93. The molecule has 0 radical (unpaired) electrons. The highest BCUT2D eigenvalue weighted by Gasteiger charge is 2.05. The predicted octanol–water partition coefficient (Wildman–Crippen LogP) is 0.231. The molecule has 1 aromatic carbocycles. The Morgan fingerprint density at radius 2 is 2.05 bits per heavy atom. The molecule has 0 saturated heterocycles. The second kappa shape index (κ2) is 5.17. The van der Waals surface area contributed by atoms with E-state index >= 15 is 0 Å². The Hall–Kier alpha value is -2.90. The maximum atomic E-state index is 13.9. The van der Waals surface area contributed by atoms with E-state index in [-0.39, 0.29) is 11.9 Å². The fourth-order valence-corrected chi connectivity index (χ4v) is 1.45. The number of hydrogen-bond acceptors (Lipinski definition) is 2. The van der Waals surface area contributed by atoms with Crippen molar-refractivity contribution in [3.63, 3.8) is 0 Å². The van der Waals surface area contributed by atoms with Crippen LogP contribution >= 0.6 is 0 Å². The summed E-state index contributed by atoms with van der Waals surface area (Å²) in [4.78, 5) is 7.39. The third-order valence-electron chi connectivity index (χ3n) is 2.17. The average Bonchev–Trinajstić information content (AvgIpc) is 2.81. The number of aromatic nitrogens is 2. The minimum atomic E-state index is -0.484. The molecule has 1 aromatic heterocycles. The number of guanidine groups is 2. The lowest BCUT2D eigenvalue weighted by Gasteiger charge is -2.04. The van der Waals surface area contributed by atoms with Gasteiger partial charge in [-0.25, -0.2) is 14.1 Å². The van der Waals surface area contributed by atoms with Crippen molar-refractivity contribution < 1.29 is 4.39 Å². The van der Waals surface area contributed by atoms with Crippen molar-refractivity contribution in [2.45, 2.75) is 0 Å². The zero-order valence-electron chi connectivity index (χ0n) is 9.86. The highest BCUT2D eigenvalue weighted by atomic mass is 19.1. The summed E-state index contributed by atoms with van der Waals surface area (Å²) in [5.74, 6) is -0.844. The third-order valence-corrected chi connectivity index (χ3v) is 2.17. The molecule has 0 bridgehead atoms. The van der Waals surface area contributed by atoms with Crippen LogP contribution in [0.3, 0.4) is 0 Å². The van der Waals surface area contributed by atoms with E-state index in [0.29, 0.717) is 11.4 Å². The summed E-state index contributed by atoms with van der Waals surface area (Å²) >= 11 is 0. The van der Waals surface area contributed by atoms with Gasteiger partial charge in [-0.1, -0.05) is 0 Å². The first-order valence-electron chi connectivity index (χ1n) is 5.29. The standard InChI is InChI=1S/C11H12FN7/c12-8-6-7(17-11(15)18-10(13)14)2-3-9(8)19-5-1-4-16-19/h1-6H,(H6,13,14,15,17,18). The van der Waals surface area contributed by atoms with Crippen LogP contribution in [0.5, 0.6) is 0 Å². The van der Waals surface area contributed by atoms with E-state index in [2.05, 4.69) is 15.1 Å². The SMILES string of the molecule is NC(N)=NC(N)=Nc1ccc(-n2cccn2)c(F)c1. The van der Waals surface area contributed by atoms with Crippen LogP contribution in [0.15, 0.2) is 46.6 Å². The Labute approximate surface area is 108 Å². The number of halogens is 1. The Morgan fingerprint density at radius 1 is 1.26 bits per heavy atom. The summed E-state index contributed by atoms with van der Waals surface area (Å²) in [5, 5.41) is 3.94. The van der Waals surface area contributed by atoms with Crippen molar-refractivity contribution in [1.82, 2.24) is 9.78 Å². The van der Waals surface area contributed by atoms with E-state index in [1.165, 1.54) is 16.8 Å². The van der Waals surface area contributed by atoms with Gasteiger partial charge in [0.2, 0.25) is 5.96 Å². The summed E-state index contributed by atoms with van der Waals surface area (Å²) in [7, 11) is 0. The summed E-state index contributed by atoms with van der Waals surface area (Å²) in [6.45, 7) is 0. The van der Waals surface area contributed by atoms with Gasteiger partial charge >= 0.3 is 0 Å². The lowest BCUT2D eigenvalue weighted by molar-refractivity contribution is 0.611. The molecule has 6 N–H and O–H groups in total. The van der Waals surface area contributed by atoms with Gasteiger partial charge in [0, 0.05) is 18.5 Å². The van der Waals surface area contributed by atoms with E-state index in [9.17, 15) is 4.39 Å². The summed E-state index contributed by atoms with van der Waals surface area (Å²) in [5.41, 5.74) is 16.4. The van der Waals surface area contributed by atoms with Gasteiger partial charge in [-0.15, -0.1) is 0 Å². The smallest absolute Gasteiger partial charge is 0.223 e. The largest absolute Gasteiger partial charge is 0.370 e. The molecular formula is C11H12FN7. The van der Waals surface area contributed by atoms with Crippen molar-refractivity contribution in [3.8, 4) is 5.69 Å². The van der Waals surface area contributed by atoms with Gasteiger partial charge < -0.3 is 17.2 Å². The normalized spacial score (nSPS) is 11.3. The van der Waals surface area contributed by atoms with E-state index in [0.717, 1.165) is 0 Å². The lowest BCUT2D eigenvalue weighted by atomic mass is 10.2. The second-order valence-electron chi connectivity index (χ2n) is 3.59. The fourth-order valence-electron chi connectivity index (χ4n) is 1.45. The van der Waals surface area contributed by atoms with Gasteiger partial charge in [0.1, 0.15) is 5.69 Å². The number of hydrogen-bond donors (Lipinski definition) is 3. The minimum absolute atomic E-state index is 0.147. The first-order valence-corrected chi connectivity index (χ1v) is 5.29. The molecule has 0 aliphatic heterocycles. The molecule has 0 saturated carbocycles. The Balaban J connectivity index is 2.32. The van der Waals surface area contributed by atoms with Crippen LogP contribution < -0.4 is 17.2 Å². The molecule has 19 heavy (non-hydrogen) atoms. The molecule has 2 rings (SSSR count). The molecule has 0 spiro atoms. The van der Waals surface area contributed by atoms with E-state index in [4.69, 9.17) is 17.2 Å². The zero-order chi connectivity index (χ0) is 13.8. The monoisotopic (exact) mass is 261 g/mol. The Kier molecular flexibility index (Phi) is 3.42. The van der Waals surface area contributed by atoms with Crippen LogP contribution in [0.1, 0.15) is 0 Å². The van der Waals surface area contributed by atoms with Crippen molar-refractivity contribution in [1.29, 1.82) is 0 Å². The molecule has 0 unspecified atom stereocenters. The molecule has 0 aliphatic carbocycles. The molecule has 2 aromatic rings. The zero-order valence-corrected chi connectivity index (χ0v) is 9.86. The highest BCUT2D eigenvalue weighted by Crippen LogP contribution is 2.19. The van der Waals surface area contributed by atoms with E-state index in [1.54, 1.807) is 24.5 Å². The van der Waals surface area contributed by atoms with Crippen LogP contribution in [0.25, 0.3) is 5.69 Å². The Bertz CT molecular complexity index is 626. The first kappa shape index (κ1) is 12.6. The van der Waals surface area contributed by atoms with Crippen LogP contribution in [-0.4, -0.2) is 21.7 Å². The molecular weight excluding hydrogens is 249 g/mol. The van der Waals surface area contributed by atoms with E-state index < -0.39 is 5.82 Å². The molecule has 7 nitrogen and oxygen atoms in total. The van der Waals surface area contributed by atoms with Crippen molar-refractivity contribution in [2.75, 3.05) is 0 Å². The molecule has 8 heteroatoms. The van der Waals surface area contributed by atoms with E-state index in [1.807, 2.05) is 0 Å². The molecule has 0 fully saturated rings. The topological polar surface area (TPSA) is 121 Å². The molecule has 0 aliphatic rings. The number of aliphatic imine (C=N–C) groups is 2. The molecule has 98 valence electrons.